The van der Waals surface area contributed by atoms with Crippen molar-refractivity contribution >= 4 is 15.4 Å². The minimum absolute atomic E-state index is 0.0298. The van der Waals surface area contributed by atoms with E-state index in [4.69, 9.17) is 4.74 Å². The fraction of sp³-hybridized carbons (Fsp3) is 0.273. The molecule has 0 unspecified atom stereocenters. The largest absolute Gasteiger partial charge is 0.377 e. The van der Waals surface area contributed by atoms with Crippen LogP contribution in [0.3, 0.4) is 0 Å². The number of ether oxygens (including phenoxy) is 1. The third-order valence-corrected chi connectivity index (χ3v) is 3.91. The van der Waals surface area contributed by atoms with Gasteiger partial charge in [-0.15, -0.1) is 0 Å². The maximum Gasteiger partial charge on any atom is 0.200 e. The predicted molar refractivity (Wildman–Crippen MR) is 58.1 cm³/mol. The monoisotopic (exact) mass is 242 g/mol. The number of halogens is 1. The quantitative estimate of drug-likeness (QED) is 0.814. The molecule has 1 aliphatic rings. The molecule has 1 aromatic carbocycles. The highest BCUT2D eigenvalue weighted by molar-refractivity contribution is 7.95. The summed E-state index contributed by atoms with van der Waals surface area (Å²) in [6.45, 7) is 2.37. The van der Waals surface area contributed by atoms with Crippen molar-refractivity contribution in [2.24, 2.45) is 0 Å². The molecule has 0 aromatic heterocycles. The van der Waals surface area contributed by atoms with Crippen LogP contribution in [0.4, 0.5) is 4.39 Å². The summed E-state index contributed by atoms with van der Waals surface area (Å²) in [6.07, 6.45) is 0. The lowest BCUT2D eigenvalue weighted by Gasteiger charge is -2.05. The number of hydrogen-bond donors (Lipinski definition) is 0. The van der Waals surface area contributed by atoms with E-state index in [0.717, 1.165) is 5.41 Å². The van der Waals surface area contributed by atoms with Gasteiger partial charge in [0.15, 0.2) is 0 Å². The standard InChI is InChI=1S/C11H11FO3S/c1-2-15-6-8-7-16(13,14)10-5-3-4-9(12)11(8)10/h3-5,7H,2,6H2,1H3. The smallest absolute Gasteiger partial charge is 0.200 e. The molecule has 0 radical (unpaired) electrons. The Morgan fingerprint density at radius 1 is 1.38 bits per heavy atom. The highest BCUT2D eigenvalue weighted by atomic mass is 32.2. The van der Waals surface area contributed by atoms with Crippen LogP contribution in [-0.4, -0.2) is 21.6 Å². The van der Waals surface area contributed by atoms with E-state index in [9.17, 15) is 12.8 Å². The van der Waals surface area contributed by atoms with Gasteiger partial charge >= 0.3 is 0 Å². The molecule has 1 aromatic rings. The molecule has 2 rings (SSSR count). The Morgan fingerprint density at radius 3 is 2.81 bits per heavy atom. The van der Waals surface area contributed by atoms with Crippen LogP contribution in [0.15, 0.2) is 28.5 Å². The molecule has 1 aliphatic heterocycles. The van der Waals surface area contributed by atoms with Crippen LogP contribution in [-0.2, 0) is 14.6 Å². The SMILES string of the molecule is CCOCC1=CS(=O)(=O)c2cccc(F)c21. The summed E-state index contributed by atoms with van der Waals surface area (Å²) in [5.74, 6) is -0.524. The first-order valence-electron chi connectivity index (χ1n) is 4.88. The van der Waals surface area contributed by atoms with Gasteiger partial charge in [-0.2, -0.15) is 0 Å². The second-order valence-corrected chi connectivity index (χ2v) is 5.20. The van der Waals surface area contributed by atoms with Crippen molar-refractivity contribution in [3.05, 3.63) is 35.0 Å². The van der Waals surface area contributed by atoms with Gasteiger partial charge in [-0.3, -0.25) is 0 Å². The molecular formula is C11H11FO3S. The van der Waals surface area contributed by atoms with E-state index >= 15 is 0 Å². The molecule has 1 heterocycles. The topological polar surface area (TPSA) is 43.4 Å². The van der Waals surface area contributed by atoms with E-state index in [2.05, 4.69) is 0 Å². The van der Waals surface area contributed by atoms with E-state index in [1.54, 1.807) is 6.92 Å². The molecule has 0 spiro atoms. The van der Waals surface area contributed by atoms with Crippen molar-refractivity contribution in [3.63, 3.8) is 0 Å². The Bertz CT molecular complexity index is 546. The van der Waals surface area contributed by atoms with Gasteiger partial charge in [-0.1, -0.05) is 6.07 Å². The summed E-state index contributed by atoms with van der Waals surface area (Å²) in [4.78, 5) is 0.0298. The number of rotatable bonds is 3. The van der Waals surface area contributed by atoms with Gasteiger partial charge in [0.1, 0.15) is 5.82 Å². The molecule has 86 valence electrons. The highest BCUT2D eigenvalue weighted by Gasteiger charge is 2.29. The summed E-state index contributed by atoms with van der Waals surface area (Å²) >= 11 is 0. The maximum absolute atomic E-state index is 13.6. The van der Waals surface area contributed by atoms with Gasteiger partial charge in [0, 0.05) is 23.2 Å². The summed E-state index contributed by atoms with van der Waals surface area (Å²) in [5.41, 5.74) is 0.533. The Kier molecular flexibility index (Phi) is 2.82. The highest BCUT2D eigenvalue weighted by Crippen LogP contribution is 2.35. The van der Waals surface area contributed by atoms with E-state index in [1.165, 1.54) is 18.2 Å². The minimum Gasteiger partial charge on any atom is -0.377 e. The molecule has 0 saturated carbocycles. The summed E-state index contributed by atoms with van der Waals surface area (Å²) in [5, 5.41) is 1.08. The predicted octanol–water partition coefficient (Wildman–Crippen LogP) is 1.99. The van der Waals surface area contributed by atoms with Crippen molar-refractivity contribution in [2.75, 3.05) is 13.2 Å². The fourth-order valence-corrected chi connectivity index (χ4v) is 3.15. The lowest BCUT2D eigenvalue weighted by Crippen LogP contribution is -1.98. The van der Waals surface area contributed by atoms with Crippen LogP contribution in [0.2, 0.25) is 0 Å². The number of sulfone groups is 1. The lowest BCUT2D eigenvalue weighted by molar-refractivity contribution is 0.182. The first kappa shape index (κ1) is 11.3. The summed E-state index contributed by atoms with van der Waals surface area (Å²) < 4.78 is 42.0. The molecule has 0 amide bonds. The lowest BCUT2D eigenvalue weighted by atomic mass is 10.1. The Morgan fingerprint density at radius 2 is 2.12 bits per heavy atom. The van der Waals surface area contributed by atoms with Crippen molar-refractivity contribution in [1.29, 1.82) is 0 Å². The normalized spacial score (nSPS) is 17.0. The molecule has 0 N–H and O–H groups in total. The molecular weight excluding hydrogens is 231 g/mol. The van der Waals surface area contributed by atoms with Crippen molar-refractivity contribution in [1.82, 2.24) is 0 Å². The molecule has 16 heavy (non-hydrogen) atoms. The van der Waals surface area contributed by atoms with Gasteiger partial charge in [0.25, 0.3) is 0 Å². The van der Waals surface area contributed by atoms with Crippen LogP contribution in [0, 0.1) is 5.82 Å². The van der Waals surface area contributed by atoms with E-state index in [-0.39, 0.29) is 17.1 Å². The molecule has 0 aliphatic carbocycles. The van der Waals surface area contributed by atoms with Crippen molar-refractivity contribution < 1.29 is 17.5 Å². The van der Waals surface area contributed by atoms with Gasteiger partial charge in [0.2, 0.25) is 9.84 Å². The van der Waals surface area contributed by atoms with E-state index in [1.807, 2.05) is 0 Å². The third-order valence-electron chi connectivity index (χ3n) is 2.36. The Labute approximate surface area is 93.5 Å². The van der Waals surface area contributed by atoms with Crippen LogP contribution in [0.5, 0.6) is 0 Å². The number of benzene rings is 1. The molecule has 0 fully saturated rings. The minimum atomic E-state index is -3.49. The van der Waals surface area contributed by atoms with Crippen molar-refractivity contribution in [2.45, 2.75) is 11.8 Å². The summed E-state index contributed by atoms with van der Waals surface area (Å²) in [7, 11) is -3.49. The van der Waals surface area contributed by atoms with Crippen LogP contribution >= 0.6 is 0 Å². The molecule has 0 atom stereocenters. The maximum atomic E-state index is 13.6. The molecule has 0 saturated heterocycles. The van der Waals surface area contributed by atoms with Crippen LogP contribution < -0.4 is 0 Å². The second-order valence-electron chi connectivity index (χ2n) is 3.44. The average molecular weight is 242 g/mol. The Hall–Kier alpha value is -1.20. The number of fused-ring (bicyclic) bond motifs is 1. The van der Waals surface area contributed by atoms with Crippen LogP contribution in [0.25, 0.3) is 5.57 Å². The zero-order chi connectivity index (χ0) is 11.8. The molecule has 3 nitrogen and oxygen atoms in total. The number of hydrogen-bond acceptors (Lipinski definition) is 3. The van der Waals surface area contributed by atoms with Crippen LogP contribution in [0.1, 0.15) is 12.5 Å². The first-order valence-corrected chi connectivity index (χ1v) is 6.43. The second kappa shape index (κ2) is 3.99. The molecule has 0 bridgehead atoms. The summed E-state index contributed by atoms with van der Waals surface area (Å²) in [6, 6.07) is 4.05. The fourth-order valence-electron chi connectivity index (χ4n) is 1.68. The van der Waals surface area contributed by atoms with Gasteiger partial charge < -0.3 is 4.74 Å². The molecule has 5 heteroatoms. The Balaban J connectivity index is 2.53. The van der Waals surface area contributed by atoms with E-state index < -0.39 is 15.7 Å². The third kappa shape index (κ3) is 1.76. The van der Waals surface area contributed by atoms with Gasteiger partial charge in [-0.25, -0.2) is 12.8 Å². The zero-order valence-electron chi connectivity index (χ0n) is 8.73. The van der Waals surface area contributed by atoms with Gasteiger partial charge in [-0.05, 0) is 19.1 Å². The average Bonchev–Trinajstić information content (AvgIpc) is 2.49. The first-order chi connectivity index (χ1) is 7.56. The van der Waals surface area contributed by atoms with E-state index in [0.29, 0.717) is 12.2 Å². The zero-order valence-corrected chi connectivity index (χ0v) is 9.55. The van der Waals surface area contributed by atoms with Crippen molar-refractivity contribution in [3.8, 4) is 0 Å². The van der Waals surface area contributed by atoms with Gasteiger partial charge in [0.05, 0.1) is 11.5 Å².